The molecular formula is C14H15N3O2. The number of pyridine rings is 1. The first-order chi connectivity index (χ1) is 9.13. The van der Waals surface area contributed by atoms with Crippen LogP contribution in [0.5, 0.6) is 0 Å². The van der Waals surface area contributed by atoms with Crippen LogP contribution in [0.4, 0.5) is 11.5 Å². The lowest BCUT2D eigenvalue weighted by molar-refractivity contribution is -0.384. The fourth-order valence-corrected chi connectivity index (χ4v) is 2.25. The fraction of sp³-hybridized carbons (Fsp3) is 0.357. The first-order valence-corrected chi connectivity index (χ1v) is 6.45. The van der Waals surface area contributed by atoms with E-state index in [1.807, 2.05) is 12.1 Å². The van der Waals surface area contributed by atoms with Crippen molar-refractivity contribution in [3.05, 3.63) is 40.4 Å². The summed E-state index contributed by atoms with van der Waals surface area (Å²) < 4.78 is 0. The Kier molecular flexibility index (Phi) is 2.81. The van der Waals surface area contributed by atoms with Gasteiger partial charge in [0.2, 0.25) is 0 Å². The Morgan fingerprint density at radius 1 is 1.37 bits per heavy atom. The molecule has 0 aliphatic heterocycles. The van der Waals surface area contributed by atoms with E-state index in [4.69, 9.17) is 0 Å². The van der Waals surface area contributed by atoms with Gasteiger partial charge in [-0.15, -0.1) is 0 Å². The number of nitrogens with zero attached hydrogens (tertiary/aromatic N) is 2. The standard InChI is InChI=1S/C14H15N3O2/c1-9(10-2-3-10)15-14-7-4-11-8-12(17(18)19)5-6-13(11)16-14/h4-10H,2-3H2,1H3,(H,15,16). The fourth-order valence-electron chi connectivity index (χ4n) is 2.25. The molecule has 1 aliphatic carbocycles. The van der Waals surface area contributed by atoms with E-state index in [0.29, 0.717) is 6.04 Å². The van der Waals surface area contributed by atoms with Crippen LogP contribution in [0.15, 0.2) is 30.3 Å². The van der Waals surface area contributed by atoms with Crippen LogP contribution in [0, 0.1) is 16.0 Å². The molecule has 5 heteroatoms. The Labute approximate surface area is 110 Å². The summed E-state index contributed by atoms with van der Waals surface area (Å²) in [5.41, 5.74) is 0.875. The first-order valence-electron chi connectivity index (χ1n) is 6.45. The van der Waals surface area contributed by atoms with Crippen molar-refractivity contribution < 1.29 is 4.92 Å². The number of aromatic nitrogens is 1. The van der Waals surface area contributed by atoms with Crippen molar-refractivity contribution >= 4 is 22.4 Å². The zero-order chi connectivity index (χ0) is 13.4. The highest BCUT2D eigenvalue weighted by Gasteiger charge is 2.27. The molecule has 1 aromatic heterocycles. The van der Waals surface area contributed by atoms with Crippen molar-refractivity contribution in [2.24, 2.45) is 5.92 Å². The number of hydrogen-bond donors (Lipinski definition) is 1. The van der Waals surface area contributed by atoms with Crippen molar-refractivity contribution in [2.45, 2.75) is 25.8 Å². The van der Waals surface area contributed by atoms with E-state index in [1.165, 1.54) is 18.9 Å². The Hall–Kier alpha value is -2.17. The van der Waals surface area contributed by atoms with Crippen molar-refractivity contribution in [1.29, 1.82) is 0 Å². The topological polar surface area (TPSA) is 68.1 Å². The van der Waals surface area contributed by atoms with Gasteiger partial charge >= 0.3 is 0 Å². The molecule has 0 amide bonds. The summed E-state index contributed by atoms with van der Waals surface area (Å²) in [6.07, 6.45) is 2.57. The Morgan fingerprint density at radius 3 is 2.84 bits per heavy atom. The van der Waals surface area contributed by atoms with E-state index in [2.05, 4.69) is 17.2 Å². The van der Waals surface area contributed by atoms with Gasteiger partial charge in [-0.1, -0.05) is 0 Å². The Bertz CT molecular complexity index is 638. The number of hydrogen-bond acceptors (Lipinski definition) is 4. The summed E-state index contributed by atoms with van der Waals surface area (Å²) in [4.78, 5) is 14.8. The average Bonchev–Trinajstić information content (AvgIpc) is 3.22. The van der Waals surface area contributed by atoms with Crippen molar-refractivity contribution in [3.63, 3.8) is 0 Å². The molecule has 2 aromatic rings. The smallest absolute Gasteiger partial charge is 0.270 e. The highest BCUT2D eigenvalue weighted by atomic mass is 16.6. The van der Waals surface area contributed by atoms with Crippen LogP contribution in [0.1, 0.15) is 19.8 Å². The zero-order valence-corrected chi connectivity index (χ0v) is 10.7. The largest absolute Gasteiger partial charge is 0.367 e. The van der Waals surface area contributed by atoms with E-state index in [1.54, 1.807) is 12.1 Å². The van der Waals surface area contributed by atoms with Crippen LogP contribution < -0.4 is 5.32 Å². The molecule has 3 rings (SSSR count). The maximum Gasteiger partial charge on any atom is 0.270 e. The number of fused-ring (bicyclic) bond motifs is 1. The third-order valence-corrected chi connectivity index (χ3v) is 3.59. The van der Waals surface area contributed by atoms with Gasteiger partial charge in [-0.2, -0.15) is 0 Å². The van der Waals surface area contributed by atoms with E-state index in [9.17, 15) is 10.1 Å². The van der Waals surface area contributed by atoms with Gasteiger partial charge in [0.15, 0.2) is 0 Å². The molecule has 98 valence electrons. The second-order valence-electron chi connectivity index (χ2n) is 5.10. The summed E-state index contributed by atoms with van der Waals surface area (Å²) in [5.74, 6) is 1.59. The molecule has 1 unspecified atom stereocenters. The Morgan fingerprint density at radius 2 is 2.16 bits per heavy atom. The van der Waals surface area contributed by atoms with Gasteiger partial charge < -0.3 is 5.32 Å². The minimum atomic E-state index is -0.388. The molecule has 1 fully saturated rings. The van der Waals surface area contributed by atoms with Gasteiger partial charge in [0, 0.05) is 23.6 Å². The molecular weight excluding hydrogens is 242 g/mol. The molecule has 5 nitrogen and oxygen atoms in total. The van der Waals surface area contributed by atoms with Gasteiger partial charge in [0.1, 0.15) is 5.82 Å². The SMILES string of the molecule is CC(Nc1ccc2cc([N+](=O)[O-])ccc2n1)C1CC1. The van der Waals surface area contributed by atoms with E-state index >= 15 is 0 Å². The number of nitro benzene ring substituents is 1. The van der Waals surface area contributed by atoms with Crippen LogP contribution >= 0.6 is 0 Å². The number of rotatable bonds is 4. The zero-order valence-electron chi connectivity index (χ0n) is 10.7. The molecule has 1 aromatic carbocycles. The van der Waals surface area contributed by atoms with Crippen LogP contribution in [-0.2, 0) is 0 Å². The summed E-state index contributed by atoms with van der Waals surface area (Å²) in [7, 11) is 0. The molecule has 0 radical (unpaired) electrons. The van der Waals surface area contributed by atoms with E-state index < -0.39 is 0 Å². The average molecular weight is 257 g/mol. The molecule has 1 saturated carbocycles. The van der Waals surface area contributed by atoms with Gasteiger partial charge in [-0.05, 0) is 43.9 Å². The van der Waals surface area contributed by atoms with Crippen molar-refractivity contribution in [3.8, 4) is 0 Å². The van der Waals surface area contributed by atoms with Gasteiger partial charge in [-0.3, -0.25) is 10.1 Å². The lowest BCUT2D eigenvalue weighted by atomic mass is 10.2. The molecule has 1 N–H and O–H groups in total. The van der Waals surface area contributed by atoms with E-state index in [0.717, 1.165) is 22.6 Å². The highest BCUT2D eigenvalue weighted by Crippen LogP contribution is 2.34. The second kappa shape index (κ2) is 4.50. The molecule has 1 aliphatic rings. The third-order valence-electron chi connectivity index (χ3n) is 3.59. The van der Waals surface area contributed by atoms with Crippen LogP contribution in [0.2, 0.25) is 0 Å². The lowest BCUT2D eigenvalue weighted by Gasteiger charge is -2.13. The highest BCUT2D eigenvalue weighted by molar-refractivity contribution is 5.82. The molecule has 19 heavy (non-hydrogen) atoms. The molecule has 0 bridgehead atoms. The van der Waals surface area contributed by atoms with Crippen molar-refractivity contribution in [2.75, 3.05) is 5.32 Å². The first kappa shape index (κ1) is 11.9. The third kappa shape index (κ3) is 2.50. The number of anilines is 1. The van der Waals surface area contributed by atoms with E-state index in [-0.39, 0.29) is 10.6 Å². The van der Waals surface area contributed by atoms with Crippen molar-refractivity contribution in [1.82, 2.24) is 4.98 Å². The molecule has 0 saturated heterocycles. The van der Waals surface area contributed by atoms with Gasteiger partial charge in [0.05, 0.1) is 10.4 Å². The number of nitro groups is 1. The number of benzene rings is 1. The lowest BCUT2D eigenvalue weighted by Crippen LogP contribution is -2.17. The minimum absolute atomic E-state index is 0.0985. The number of non-ortho nitro benzene ring substituents is 1. The van der Waals surface area contributed by atoms with Crippen LogP contribution in [0.25, 0.3) is 10.9 Å². The monoisotopic (exact) mass is 257 g/mol. The summed E-state index contributed by atoms with van der Waals surface area (Å²) >= 11 is 0. The molecule has 1 atom stereocenters. The van der Waals surface area contributed by atoms with Gasteiger partial charge in [-0.25, -0.2) is 4.98 Å². The summed E-state index contributed by atoms with van der Waals surface area (Å²) in [6, 6.07) is 8.92. The maximum absolute atomic E-state index is 10.7. The number of nitrogens with one attached hydrogen (secondary N) is 1. The predicted molar refractivity (Wildman–Crippen MR) is 74.2 cm³/mol. The Balaban J connectivity index is 1.88. The second-order valence-corrected chi connectivity index (χ2v) is 5.10. The van der Waals surface area contributed by atoms with Crippen LogP contribution in [-0.4, -0.2) is 15.9 Å². The minimum Gasteiger partial charge on any atom is -0.367 e. The molecule has 0 spiro atoms. The van der Waals surface area contributed by atoms with Crippen LogP contribution in [0.3, 0.4) is 0 Å². The predicted octanol–water partition coefficient (Wildman–Crippen LogP) is 3.35. The summed E-state index contributed by atoms with van der Waals surface area (Å²) in [6.45, 7) is 2.17. The summed E-state index contributed by atoms with van der Waals surface area (Å²) in [5, 5.41) is 14.9. The normalized spacial score (nSPS) is 16.3. The maximum atomic E-state index is 10.7. The quantitative estimate of drug-likeness (QED) is 0.673. The molecule has 1 heterocycles. The van der Waals surface area contributed by atoms with Gasteiger partial charge in [0.25, 0.3) is 5.69 Å².